The summed E-state index contributed by atoms with van der Waals surface area (Å²) in [5.41, 5.74) is 1.91. The molecule has 1 unspecified atom stereocenters. The summed E-state index contributed by atoms with van der Waals surface area (Å²) in [6.07, 6.45) is 1.47. The Morgan fingerprint density at radius 3 is 2.64 bits per heavy atom. The molecule has 0 spiro atoms. The standard InChI is InChI=1S/C27H28ClN3O9S2/c1-15-24(28)27(40-30-15)31(13-37-17(3)35-4)42(33,34)25-20-6-5-8-29-26(20)41-23(25)12-19-11-22-21(38-14-39-22)10-18(19)7-9-36-16(2)32/h5-6,8,10-11,17H,7,9,12-14H2,1-4H3. The molecule has 0 saturated carbocycles. The molecule has 4 heterocycles. The van der Waals surface area contributed by atoms with Gasteiger partial charge in [0, 0.05) is 43.3 Å². The fourth-order valence-electron chi connectivity index (χ4n) is 4.35. The minimum Gasteiger partial charge on any atom is -0.466 e. The molecular formula is C27H28ClN3O9S2. The third-order valence-corrected chi connectivity index (χ3v) is 10.0. The molecule has 224 valence electrons. The molecule has 1 atom stereocenters. The van der Waals surface area contributed by atoms with Crippen LogP contribution in [0.1, 0.15) is 35.5 Å². The molecule has 4 aromatic rings. The zero-order chi connectivity index (χ0) is 30.0. The molecule has 3 aromatic heterocycles. The normalized spacial score (nSPS) is 13.5. The predicted molar refractivity (Wildman–Crippen MR) is 154 cm³/mol. The number of rotatable bonds is 12. The number of ether oxygens (including phenoxy) is 5. The van der Waals surface area contributed by atoms with Gasteiger partial charge in [-0.1, -0.05) is 16.8 Å². The monoisotopic (exact) mass is 637 g/mol. The van der Waals surface area contributed by atoms with Crippen molar-refractivity contribution in [1.82, 2.24) is 10.1 Å². The van der Waals surface area contributed by atoms with Crippen molar-refractivity contribution in [3.8, 4) is 11.5 Å². The molecule has 1 aliphatic rings. The van der Waals surface area contributed by atoms with Gasteiger partial charge >= 0.3 is 5.97 Å². The average molecular weight is 638 g/mol. The lowest BCUT2D eigenvalue weighted by atomic mass is 10.00. The van der Waals surface area contributed by atoms with Gasteiger partial charge in [-0.25, -0.2) is 17.7 Å². The first-order chi connectivity index (χ1) is 20.1. The molecule has 1 aromatic carbocycles. The first-order valence-corrected chi connectivity index (χ1v) is 15.4. The lowest BCUT2D eigenvalue weighted by molar-refractivity contribution is -0.140. The van der Waals surface area contributed by atoms with Crippen LogP contribution in [0.15, 0.2) is 39.9 Å². The van der Waals surface area contributed by atoms with Crippen LogP contribution in [0, 0.1) is 6.92 Å². The summed E-state index contributed by atoms with van der Waals surface area (Å²) >= 11 is 7.68. The highest BCUT2D eigenvalue weighted by molar-refractivity contribution is 7.93. The Balaban J connectivity index is 1.62. The minimum absolute atomic E-state index is 0.0259. The number of thiophene rings is 1. The van der Waals surface area contributed by atoms with Crippen molar-refractivity contribution in [2.75, 3.05) is 31.5 Å². The Bertz CT molecular complexity index is 1720. The second-order valence-corrected chi connectivity index (χ2v) is 12.6. The van der Waals surface area contributed by atoms with E-state index < -0.39 is 29.0 Å². The van der Waals surface area contributed by atoms with Gasteiger partial charge in [0.15, 0.2) is 17.8 Å². The van der Waals surface area contributed by atoms with Crippen LogP contribution in [0.25, 0.3) is 10.2 Å². The van der Waals surface area contributed by atoms with Crippen LogP contribution >= 0.6 is 22.9 Å². The number of hydrogen-bond acceptors (Lipinski definition) is 12. The molecule has 0 amide bonds. The highest BCUT2D eigenvalue weighted by atomic mass is 35.5. The minimum atomic E-state index is -4.37. The molecular weight excluding hydrogens is 610 g/mol. The van der Waals surface area contributed by atoms with Crippen molar-refractivity contribution in [2.45, 2.75) is 44.8 Å². The molecule has 0 saturated heterocycles. The first kappa shape index (κ1) is 30.0. The van der Waals surface area contributed by atoms with E-state index in [0.29, 0.717) is 38.7 Å². The van der Waals surface area contributed by atoms with E-state index in [9.17, 15) is 13.2 Å². The third kappa shape index (κ3) is 6.03. The van der Waals surface area contributed by atoms with Crippen LogP contribution in [-0.2, 0) is 41.9 Å². The van der Waals surface area contributed by atoms with Gasteiger partial charge in [-0.2, -0.15) is 0 Å². The summed E-state index contributed by atoms with van der Waals surface area (Å²) in [5.74, 6) is 0.523. The van der Waals surface area contributed by atoms with Crippen LogP contribution < -0.4 is 13.8 Å². The number of pyridine rings is 1. The Hall–Kier alpha value is -3.43. The number of sulfonamides is 1. The van der Waals surface area contributed by atoms with E-state index >= 15 is 0 Å². The van der Waals surface area contributed by atoms with Crippen molar-refractivity contribution >= 4 is 55.0 Å². The zero-order valence-corrected chi connectivity index (χ0v) is 25.6. The maximum Gasteiger partial charge on any atom is 0.302 e. The molecule has 15 heteroatoms. The van der Waals surface area contributed by atoms with E-state index in [1.54, 1.807) is 32.2 Å². The van der Waals surface area contributed by atoms with Crippen LogP contribution in [0.2, 0.25) is 5.02 Å². The first-order valence-electron chi connectivity index (χ1n) is 12.8. The SMILES string of the molecule is COC(C)OCN(c1onc(C)c1Cl)S(=O)(=O)c1c(Cc2cc3c(cc2CCOC(C)=O)OCO3)sc2ncccc12. The largest absolute Gasteiger partial charge is 0.466 e. The number of hydrogen-bond donors (Lipinski definition) is 0. The summed E-state index contributed by atoms with van der Waals surface area (Å²) in [7, 11) is -2.93. The quantitative estimate of drug-likeness (QED) is 0.156. The molecule has 0 radical (unpaired) electrons. The van der Waals surface area contributed by atoms with Gasteiger partial charge < -0.3 is 28.2 Å². The van der Waals surface area contributed by atoms with Crippen LogP contribution in [-0.4, -0.2) is 58.1 Å². The maximum atomic E-state index is 14.5. The van der Waals surface area contributed by atoms with Crippen LogP contribution in [0.3, 0.4) is 0 Å². The summed E-state index contributed by atoms with van der Waals surface area (Å²) in [4.78, 5) is 16.9. The second-order valence-electron chi connectivity index (χ2n) is 9.29. The number of aryl methyl sites for hydroxylation is 1. The van der Waals surface area contributed by atoms with E-state index in [1.807, 2.05) is 12.1 Å². The number of carbonyl (C=O) groups excluding carboxylic acids is 1. The van der Waals surface area contributed by atoms with E-state index in [2.05, 4.69) is 10.1 Å². The topological polar surface area (TPSA) is 140 Å². The Morgan fingerprint density at radius 1 is 1.24 bits per heavy atom. The second kappa shape index (κ2) is 12.4. The third-order valence-electron chi connectivity index (χ3n) is 6.52. The highest BCUT2D eigenvalue weighted by Gasteiger charge is 2.36. The lowest BCUT2D eigenvalue weighted by Crippen LogP contribution is -2.35. The molecule has 1 aliphatic heterocycles. The van der Waals surface area contributed by atoms with Crippen molar-refractivity contribution < 1.29 is 41.4 Å². The number of fused-ring (bicyclic) bond motifs is 2. The van der Waals surface area contributed by atoms with Gasteiger partial charge in [0.1, 0.15) is 27.2 Å². The summed E-state index contributed by atoms with van der Waals surface area (Å²) in [5, 5.41) is 4.31. The number of nitrogens with zero attached hydrogens (tertiary/aromatic N) is 3. The molecule has 0 fully saturated rings. The molecule has 5 rings (SSSR count). The Labute approximate surface area is 251 Å². The van der Waals surface area contributed by atoms with Gasteiger partial charge in [0.25, 0.3) is 15.9 Å². The fourth-order valence-corrected chi connectivity index (χ4v) is 7.70. The number of benzene rings is 1. The number of methoxy groups -OCH3 is 1. The van der Waals surface area contributed by atoms with E-state index in [4.69, 9.17) is 39.8 Å². The van der Waals surface area contributed by atoms with Crippen LogP contribution in [0.4, 0.5) is 5.88 Å². The van der Waals surface area contributed by atoms with Gasteiger partial charge in [-0.05, 0) is 49.2 Å². The van der Waals surface area contributed by atoms with E-state index in [-0.39, 0.29) is 35.6 Å². The number of halogens is 1. The molecule has 12 nitrogen and oxygen atoms in total. The van der Waals surface area contributed by atoms with Crippen molar-refractivity contribution in [3.05, 3.63) is 57.2 Å². The van der Waals surface area contributed by atoms with Gasteiger partial charge in [-0.15, -0.1) is 11.3 Å². The van der Waals surface area contributed by atoms with Gasteiger partial charge in [0.2, 0.25) is 6.79 Å². The van der Waals surface area contributed by atoms with E-state index in [0.717, 1.165) is 15.4 Å². The lowest BCUT2D eigenvalue weighted by Gasteiger charge is -2.23. The smallest absolute Gasteiger partial charge is 0.302 e. The summed E-state index contributed by atoms with van der Waals surface area (Å²) in [6.45, 7) is 4.33. The van der Waals surface area contributed by atoms with Crippen LogP contribution in [0.5, 0.6) is 11.5 Å². The number of carbonyl (C=O) groups is 1. The van der Waals surface area contributed by atoms with E-state index in [1.165, 1.54) is 25.4 Å². The molecule has 0 N–H and O–H groups in total. The zero-order valence-electron chi connectivity index (χ0n) is 23.2. The molecule has 0 aliphatic carbocycles. The predicted octanol–water partition coefficient (Wildman–Crippen LogP) is 4.83. The molecule has 42 heavy (non-hydrogen) atoms. The summed E-state index contributed by atoms with van der Waals surface area (Å²) < 4.78 is 62.5. The van der Waals surface area contributed by atoms with Crippen molar-refractivity contribution in [3.63, 3.8) is 0 Å². The summed E-state index contributed by atoms with van der Waals surface area (Å²) in [6, 6.07) is 7.00. The van der Waals surface area contributed by atoms with Crippen molar-refractivity contribution in [2.24, 2.45) is 0 Å². The number of esters is 1. The van der Waals surface area contributed by atoms with Gasteiger partial charge in [0.05, 0.1) is 6.61 Å². The van der Waals surface area contributed by atoms with Crippen molar-refractivity contribution in [1.29, 1.82) is 0 Å². The Morgan fingerprint density at radius 2 is 1.98 bits per heavy atom. The number of aromatic nitrogens is 2. The van der Waals surface area contributed by atoms with Gasteiger partial charge in [-0.3, -0.25) is 4.79 Å². The molecule has 0 bridgehead atoms. The Kier molecular flexibility index (Phi) is 8.89. The average Bonchev–Trinajstić information content (AvgIpc) is 3.65. The fraction of sp³-hybridized carbons (Fsp3) is 0.370. The maximum absolute atomic E-state index is 14.5. The number of anilines is 1. The highest BCUT2D eigenvalue weighted by Crippen LogP contribution is 2.42.